The van der Waals surface area contributed by atoms with Gasteiger partial charge in [0.05, 0.1) is 24.8 Å². The monoisotopic (exact) mass is 595 g/mol. The molecule has 2 aromatic carbocycles. The molecule has 0 saturated heterocycles. The highest BCUT2D eigenvalue weighted by Crippen LogP contribution is 2.34. The Morgan fingerprint density at radius 3 is 2.47 bits per heavy atom. The van der Waals surface area contributed by atoms with Crippen molar-refractivity contribution in [3.63, 3.8) is 0 Å². The number of rotatable bonds is 7. The zero-order valence-electron chi connectivity index (χ0n) is 24.9. The highest BCUT2D eigenvalue weighted by molar-refractivity contribution is 5.99. The van der Waals surface area contributed by atoms with Crippen LogP contribution in [-0.4, -0.2) is 84.6 Å². The molecule has 0 spiro atoms. The van der Waals surface area contributed by atoms with E-state index in [0.717, 1.165) is 25.7 Å². The lowest BCUT2D eigenvalue weighted by Crippen LogP contribution is -2.50. The van der Waals surface area contributed by atoms with E-state index in [9.17, 15) is 19.5 Å². The molecule has 3 atom stereocenters. The summed E-state index contributed by atoms with van der Waals surface area (Å²) in [4.78, 5) is 42.7. The van der Waals surface area contributed by atoms with Crippen LogP contribution in [-0.2, 0) is 0 Å². The van der Waals surface area contributed by atoms with Gasteiger partial charge in [0.1, 0.15) is 11.9 Å². The maximum Gasteiger partial charge on any atom is 0.321 e. The molecule has 1 fully saturated rings. The minimum atomic E-state index is -0.471. The van der Waals surface area contributed by atoms with E-state index >= 15 is 0 Å². The molecule has 12 heteroatoms. The third-order valence-electron chi connectivity index (χ3n) is 8.29. The summed E-state index contributed by atoms with van der Waals surface area (Å²) in [5, 5.41) is 18.7. The van der Waals surface area contributed by atoms with Gasteiger partial charge in [0.15, 0.2) is 11.5 Å². The number of carbonyl (C=O) groups excluding carboxylic acids is 3. The van der Waals surface area contributed by atoms with Crippen LogP contribution in [0.5, 0.6) is 17.2 Å². The maximum atomic E-state index is 13.7. The van der Waals surface area contributed by atoms with Crippen LogP contribution in [0.15, 0.2) is 36.4 Å². The van der Waals surface area contributed by atoms with Crippen molar-refractivity contribution < 1.29 is 33.7 Å². The van der Waals surface area contributed by atoms with Gasteiger partial charge in [-0.1, -0.05) is 26.2 Å². The second kappa shape index (κ2) is 13.4. The summed E-state index contributed by atoms with van der Waals surface area (Å²) >= 11 is 0. The van der Waals surface area contributed by atoms with Gasteiger partial charge in [0, 0.05) is 43.0 Å². The molecule has 2 heterocycles. The molecule has 5 rings (SSSR count). The zero-order valence-corrected chi connectivity index (χ0v) is 24.9. The summed E-state index contributed by atoms with van der Waals surface area (Å²) in [5.41, 5.74) is 1.31. The number of ether oxygens (including phenoxy) is 3. The van der Waals surface area contributed by atoms with E-state index in [0.29, 0.717) is 35.2 Å². The number of nitrogens with zero attached hydrogens (tertiary/aromatic N) is 2. The average molecular weight is 596 g/mol. The number of benzene rings is 2. The first-order valence-electron chi connectivity index (χ1n) is 14.9. The van der Waals surface area contributed by atoms with Crippen LogP contribution in [0.1, 0.15) is 56.3 Å². The summed E-state index contributed by atoms with van der Waals surface area (Å²) < 4.78 is 17.1. The lowest BCUT2D eigenvalue weighted by molar-refractivity contribution is 0.0371. The van der Waals surface area contributed by atoms with Gasteiger partial charge in [-0.25, -0.2) is 9.59 Å². The number of hydrogen-bond donors (Lipinski definition) is 4. The van der Waals surface area contributed by atoms with Crippen molar-refractivity contribution in [2.24, 2.45) is 5.92 Å². The fourth-order valence-electron chi connectivity index (χ4n) is 5.66. The summed E-state index contributed by atoms with van der Waals surface area (Å²) in [6, 6.07) is 9.22. The number of fused-ring (bicyclic) bond motifs is 2. The molecule has 0 radical (unpaired) electrons. The molecule has 2 aliphatic heterocycles. The van der Waals surface area contributed by atoms with Crippen LogP contribution < -0.4 is 30.2 Å². The summed E-state index contributed by atoms with van der Waals surface area (Å²) in [6.07, 6.45) is 4.84. The molecule has 12 nitrogen and oxygen atoms in total. The first-order valence-corrected chi connectivity index (χ1v) is 14.9. The van der Waals surface area contributed by atoms with E-state index < -0.39 is 12.1 Å². The Morgan fingerprint density at radius 2 is 1.72 bits per heavy atom. The lowest BCUT2D eigenvalue weighted by atomic mass is 9.96. The third-order valence-corrected chi connectivity index (χ3v) is 8.29. The number of likely N-dealkylation sites (N-methyl/N-ethyl adjacent to an activating group) is 1. The van der Waals surface area contributed by atoms with E-state index in [1.54, 1.807) is 55.3 Å². The minimum Gasteiger partial charge on any atom is -0.487 e. The largest absolute Gasteiger partial charge is 0.487 e. The molecule has 2 aromatic rings. The standard InChI is InChI=1S/C31H41N5O7/c1-19-15-36(20(2)17-37)29(38)24-13-22(33-30(39)32-21-7-5-4-6-8-21)9-11-25(24)43-28(19)16-35(3)31(40)34-23-10-12-26-27(14-23)42-18-41-26/h9-14,19-21,28,37H,4-8,15-18H2,1-3H3,(H,34,40)(H2,32,33,39)/t19-,20+,28+/m1/s1. The number of urea groups is 2. The molecule has 4 N–H and O–H groups in total. The van der Waals surface area contributed by atoms with Gasteiger partial charge in [0.2, 0.25) is 6.79 Å². The van der Waals surface area contributed by atoms with Gasteiger partial charge in [-0.3, -0.25) is 4.79 Å². The molecule has 1 saturated carbocycles. The van der Waals surface area contributed by atoms with E-state index in [2.05, 4.69) is 16.0 Å². The Labute approximate surface area is 251 Å². The molecule has 0 unspecified atom stereocenters. The third kappa shape index (κ3) is 7.24. The normalized spacial score (nSPS) is 20.7. The molecule has 232 valence electrons. The summed E-state index contributed by atoms with van der Waals surface area (Å²) in [7, 11) is 1.68. The van der Waals surface area contributed by atoms with Crippen LogP contribution in [0.25, 0.3) is 0 Å². The Kier molecular flexibility index (Phi) is 9.44. The molecule has 5 amide bonds. The Hall–Kier alpha value is -4.19. The minimum absolute atomic E-state index is 0.144. The van der Waals surface area contributed by atoms with Crippen molar-refractivity contribution in [1.82, 2.24) is 15.1 Å². The summed E-state index contributed by atoms with van der Waals surface area (Å²) in [5.74, 6) is 1.07. The number of aliphatic hydroxyl groups is 1. The molecular weight excluding hydrogens is 554 g/mol. The van der Waals surface area contributed by atoms with Crippen molar-refractivity contribution in [3.05, 3.63) is 42.0 Å². The first-order chi connectivity index (χ1) is 20.7. The van der Waals surface area contributed by atoms with Crippen molar-refractivity contribution in [3.8, 4) is 17.2 Å². The van der Waals surface area contributed by atoms with E-state index in [-0.39, 0.29) is 55.4 Å². The lowest BCUT2D eigenvalue weighted by Gasteiger charge is -2.38. The van der Waals surface area contributed by atoms with Gasteiger partial charge in [0.25, 0.3) is 5.91 Å². The van der Waals surface area contributed by atoms with Crippen molar-refractivity contribution >= 4 is 29.3 Å². The molecule has 3 aliphatic rings. The van der Waals surface area contributed by atoms with Crippen molar-refractivity contribution in [2.75, 3.05) is 44.2 Å². The van der Waals surface area contributed by atoms with Gasteiger partial charge < -0.3 is 45.1 Å². The van der Waals surface area contributed by atoms with Gasteiger partial charge in [-0.05, 0) is 50.1 Å². The number of hydrogen-bond acceptors (Lipinski definition) is 7. The maximum absolute atomic E-state index is 13.7. The fraction of sp³-hybridized carbons (Fsp3) is 0.516. The van der Waals surface area contributed by atoms with Gasteiger partial charge >= 0.3 is 12.1 Å². The van der Waals surface area contributed by atoms with Gasteiger partial charge in [-0.15, -0.1) is 0 Å². The van der Waals surface area contributed by atoms with Crippen LogP contribution in [0.3, 0.4) is 0 Å². The second-order valence-electron chi connectivity index (χ2n) is 11.6. The number of anilines is 2. The SMILES string of the molecule is C[C@@H]1CN([C@@H](C)CO)C(=O)c2cc(NC(=O)NC3CCCCC3)ccc2O[C@H]1CN(C)C(=O)Nc1ccc2c(c1)OCO2. The van der Waals surface area contributed by atoms with Crippen LogP contribution >= 0.6 is 0 Å². The Morgan fingerprint density at radius 1 is 1.02 bits per heavy atom. The van der Waals surface area contributed by atoms with Crippen LogP contribution in [0.2, 0.25) is 0 Å². The quantitative estimate of drug-likeness (QED) is 0.375. The Balaban J connectivity index is 1.31. The van der Waals surface area contributed by atoms with E-state index in [1.807, 2.05) is 6.92 Å². The van der Waals surface area contributed by atoms with Crippen molar-refractivity contribution in [2.45, 2.75) is 64.1 Å². The first kappa shape index (κ1) is 30.3. The topological polar surface area (TPSA) is 142 Å². The predicted octanol–water partition coefficient (Wildman–Crippen LogP) is 4.25. The average Bonchev–Trinajstić information content (AvgIpc) is 3.47. The molecule has 43 heavy (non-hydrogen) atoms. The molecule has 1 aliphatic carbocycles. The van der Waals surface area contributed by atoms with Gasteiger partial charge in [-0.2, -0.15) is 0 Å². The smallest absolute Gasteiger partial charge is 0.321 e. The number of nitrogens with one attached hydrogen (secondary N) is 3. The Bertz CT molecular complexity index is 1330. The number of carbonyl (C=O) groups is 3. The fourth-order valence-corrected chi connectivity index (χ4v) is 5.66. The number of aliphatic hydroxyl groups excluding tert-OH is 1. The summed E-state index contributed by atoms with van der Waals surface area (Å²) in [6.45, 7) is 4.21. The second-order valence-corrected chi connectivity index (χ2v) is 11.6. The highest BCUT2D eigenvalue weighted by atomic mass is 16.7. The van der Waals surface area contributed by atoms with E-state index in [1.165, 1.54) is 11.3 Å². The highest BCUT2D eigenvalue weighted by Gasteiger charge is 2.34. The molecular formula is C31H41N5O7. The number of amides is 5. The van der Waals surface area contributed by atoms with E-state index in [4.69, 9.17) is 14.2 Å². The molecule has 0 aromatic heterocycles. The molecule has 0 bridgehead atoms. The predicted molar refractivity (Wildman–Crippen MR) is 161 cm³/mol. The van der Waals surface area contributed by atoms with Crippen LogP contribution in [0, 0.1) is 5.92 Å². The van der Waals surface area contributed by atoms with Crippen molar-refractivity contribution in [1.29, 1.82) is 0 Å². The van der Waals surface area contributed by atoms with Crippen LogP contribution in [0.4, 0.5) is 21.0 Å². The zero-order chi connectivity index (χ0) is 30.5.